The van der Waals surface area contributed by atoms with Crippen molar-refractivity contribution in [3.8, 4) is 11.5 Å². The first kappa shape index (κ1) is 15.4. The summed E-state index contributed by atoms with van der Waals surface area (Å²) in [6, 6.07) is 10.3. The molecule has 0 aromatic heterocycles. The van der Waals surface area contributed by atoms with Gasteiger partial charge in [0.05, 0.1) is 0 Å². The van der Waals surface area contributed by atoms with Gasteiger partial charge in [0.1, 0.15) is 11.6 Å². The number of hydrogen-bond acceptors (Lipinski definition) is 2. The Morgan fingerprint density at radius 3 is 2.43 bits per heavy atom. The fourth-order valence-electron chi connectivity index (χ4n) is 1.92. The van der Waals surface area contributed by atoms with Crippen LogP contribution in [0.5, 0.6) is 11.5 Å². The molecule has 2 nitrogen and oxygen atoms in total. The number of ether oxygens (including phenoxy) is 1. The number of benzene rings is 2. The van der Waals surface area contributed by atoms with Crippen molar-refractivity contribution in [2.45, 2.75) is 20.4 Å². The highest BCUT2D eigenvalue weighted by Gasteiger charge is 2.11. The molecule has 21 heavy (non-hydrogen) atoms. The first-order valence-corrected chi connectivity index (χ1v) is 6.98. The number of rotatable bonds is 6. The maximum atomic E-state index is 14.0. The van der Waals surface area contributed by atoms with Crippen molar-refractivity contribution in [1.29, 1.82) is 0 Å². The molecule has 0 saturated carbocycles. The van der Waals surface area contributed by atoms with Crippen LogP contribution in [0.3, 0.4) is 0 Å². The minimum atomic E-state index is -0.428. The van der Waals surface area contributed by atoms with E-state index in [1.165, 1.54) is 30.3 Å². The van der Waals surface area contributed by atoms with Crippen LogP contribution >= 0.6 is 0 Å². The van der Waals surface area contributed by atoms with Crippen LogP contribution in [-0.2, 0) is 6.54 Å². The summed E-state index contributed by atoms with van der Waals surface area (Å²) in [7, 11) is 0. The van der Waals surface area contributed by atoms with Crippen molar-refractivity contribution < 1.29 is 13.5 Å². The minimum Gasteiger partial charge on any atom is -0.454 e. The molecule has 0 heterocycles. The van der Waals surface area contributed by atoms with Gasteiger partial charge in [0.25, 0.3) is 0 Å². The lowest BCUT2D eigenvalue weighted by Crippen LogP contribution is -2.19. The van der Waals surface area contributed by atoms with E-state index in [1.54, 1.807) is 6.07 Å². The molecule has 1 N–H and O–H groups in total. The standard InChI is InChI=1S/C17H19F2NO/c1-12(2)10-20-11-13-4-3-5-16(19)17(13)21-15-8-6-14(18)7-9-15/h3-9,12,20H,10-11H2,1-2H3. The number of para-hydroxylation sites is 1. The van der Waals surface area contributed by atoms with Gasteiger partial charge < -0.3 is 10.1 Å². The molecule has 0 aliphatic carbocycles. The maximum absolute atomic E-state index is 14.0. The van der Waals surface area contributed by atoms with Gasteiger partial charge in [0, 0.05) is 12.1 Å². The van der Waals surface area contributed by atoms with Crippen LogP contribution in [0, 0.1) is 17.6 Å². The molecule has 0 amide bonds. The number of hydrogen-bond donors (Lipinski definition) is 1. The van der Waals surface area contributed by atoms with E-state index in [0.717, 1.165) is 12.1 Å². The average molecular weight is 291 g/mol. The summed E-state index contributed by atoms with van der Waals surface area (Å²) in [5.41, 5.74) is 0.736. The van der Waals surface area contributed by atoms with Crippen molar-refractivity contribution >= 4 is 0 Å². The highest BCUT2D eigenvalue weighted by Crippen LogP contribution is 2.28. The second-order valence-corrected chi connectivity index (χ2v) is 5.31. The largest absolute Gasteiger partial charge is 0.454 e. The van der Waals surface area contributed by atoms with Gasteiger partial charge in [-0.1, -0.05) is 26.0 Å². The SMILES string of the molecule is CC(C)CNCc1cccc(F)c1Oc1ccc(F)cc1. The van der Waals surface area contributed by atoms with E-state index in [-0.39, 0.29) is 11.6 Å². The van der Waals surface area contributed by atoms with Crippen molar-refractivity contribution in [1.82, 2.24) is 5.32 Å². The van der Waals surface area contributed by atoms with E-state index in [0.29, 0.717) is 18.2 Å². The third-order valence-electron chi connectivity index (χ3n) is 2.95. The minimum absolute atomic E-state index is 0.181. The van der Waals surface area contributed by atoms with Crippen molar-refractivity contribution in [2.75, 3.05) is 6.54 Å². The zero-order valence-corrected chi connectivity index (χ0v) is 12.2. The van der Waals surface area contributed by atoms with Gasteiger partial charge in [-0.25, -0.2) is 8.78 Å². The maximum Gasteiger partial charge on any atom is 0.167 e. The molecule has 2 rings (SSSR count). The molecule has 0 spiro atoms. The Morgan fingerprint density at radius 1 is 1.05 bits per heavy atom. The van der Waals surface area contributed by atoms with Gasteiger partial charge >= 0.3 is 0 Å². The Balaban J connectivity index is 2.15. The molecule has 4 heteroatoms. The zero-order valence-electron chi connectivity index (χ0n) is 12.2. The van der Waals surface area contributed by atoms with Gasteiger partial charge in [-0.2, -0.15) is 0 Å². The van der Waals surface area contributed by atoms with E-state index < -0.39 is 5.82 Å². The molecule has 2 aromatic carbocycles. The number of halogens is 2. The van der Waals surface area contributed by atoms with Crippen LogP contribution in [0.15, 0.2) is 42.5 Å². The van der Waals surface area contributed by atoms with Gasteiger partial charge in [-0.05, 0) is 42.8 Å². The molecule has 0 aliphatic heterocycles. The summed E-state index contributed by atoms with van der Waals surface area (Å²) >= 11 is 0. The molecule has 0 fully saturated rings. The molecule has 0 unspecified atom stereocenters. The van der Waals surface area contributed by atoms with Crippen LogP contribution in [0.1, 0.15) is 19.4 Å². The topological polar surface area (TPSA) is 21.3 Å². The predicted molar refractivity (Wildman–Crippen MR) is 79.4 cm³/mol. The Morgan fingerprint density at radius 2 is 1.76 bits per heavy atom. The van der Waals surface area contributed by atoms with Crippen molar-refractivity contribution in [3.63, 3.8) is 0 Å². The van der Waals surface area contributed by atoms with Crippen molar-refractivity contribution in [3.05, 3.63) is 59.7 Å². The quantitative estimate of drug-likeness (QED) is 0.846. The third kappa shape index (κ3) is 4.53. The summed E-state index contributed by atoms with van der Waals surface area (Å²) in [4.78, 5) is 0. The van der Waals surface area contributed by atoms with Gasteiger partial charge in [0.15, 0.2) is 11.6 Å². The van der Waals surface area contributed by atoms with E-state index >= 15 is 0 Å². The fourth-order valence-corrected chi connectivity index (χ4v) is 1.92. The molecule has 0 radical (unpaired) electrons. The molecule has 0 aliphatic rings. The van der Waals surface area contributed by atoms with E-state index in [1.807, 2.05) is 6.07 Å². The van der Waals surface area contributed by atoms with E-state index in [9.17, 15) is 8.78 Å². The predicted octanol–water partition coefficient (Wildman–Crippen LogP) is 4.50. The van der Waals surface area contributed by atoms with Crippen LogP contribution in [-0.4, -0.2) is 6.54 Å². The molecular formula is C17H19F2NO. The Kier molecular flexibility index (Phi) is 5.28. The summed E-state index contributed by atoms with van der Waals surface area (Å²) in [5.74, 6) is 0.324. The fraction of sp³-hybridized carbons (Fsp3) is 0.294. The first-order valence-electron chi connectivity index (χ1n) is 6.98. The molecule has 0 saturated heterocycles. The summed E-state index contributed by atoms with van der Waals surface area (Å²) < 4.78 is 32.4. The first-order chi connectivity index (χ1) is 10.1. The second kappa shape index (κ2) is 7.18. The molecule has 2 aromatic rings. The molecule has 112 valence electrons. The van der Waals surface area contributed by atoms with Gasteiger partial charge in [-0.15, -0.1) is 0 Å². The highest BCUT2D eigenvalue weighted by molar-refractivity contribution is 5.39. The van der Waals surface area contributed by atoms with Crippen LogP contribution < -0.4 is 10.1 Å². The lowest BCUT2D eigenvalue weighted by atomic mass is 10.1. The Labute approximate surface area is 123 Å². The highest BCUT2D eigenvalue weighted by atomic mass is 19.1. The molecular weight excluding hydrogens is 272 g/mol. The van der Waals surface area contributed by atoms with Crippen LogP contribution in [0.4, 0.5) is 8.78 Å². The van der Waals surface area contributed by atoms with Gasteiger partial charge in [0.2, 0.25) is 0 Å². The summed E-state index contributed by atoms with van der Waals surface area (Å²) in [5, 5.41) is 3.26. The Bertz CT molecular complexity index is 582. The van der Waals surface area contributed by atoms with Gasteiger partial charge in [-0.3, -0.25) is 0 Å². The molecule has 0 atom stereocenters. The smallest absolute Gasteiger partial charge is 0.167 e. The van der Waals surface area contributed by atoms with Crippen molar-refractivity contribution in [2.24, 2.45) is 5.92 Å². The normalized spacial score (nSPS) is 10.9. The second-order valence-electron chi connectivity index (χ2n) is 5.31. The summed E-state index contributed by atoms with van der Waals surface area (Å²) in [6.07, 6.45) is 0. The Hall–Kier alpha value is -1.94. The van der Waals surface area contributed by atoms with Crippen LogP contribution in [0.2, 0.25) is 0 Å². The van der Waals surface area contributed by atoms with E-state index in [4.69, 9.17) is 4.74 Å². The molecule has 0 bridgehead atoms. The number of nitrogens with one attached hydrogen (secondary N) is 1. The third-order valence-corrected chi connectivity index (χ3v) is 2.95. The van der Waals surface area contributed by atoms with E-state index in [2.05, 4.69) is 19.2 Å². The summed E-state index contributed by atoms with van der Waals surface area (Å²) in [6.45, 7) is 5.57. The lowest BCUT2D eigenvalue weighted by molar-refractivity contribution is 0.431. The van der Waals surface area contributed by atoms with Crippen LogP contribution in [0.25, 0.3) is 0 Å². The zero-order chi connectivity index (χ0) is 15.2. The monoisotopic (exact) mass is 291 g/mol. The lowest BCUT2D eigenvalue weighted by Gasteiger charge is -2.13. The average Bonchev–Trinajstić information content (AvgIpc) is 2.44.